The SMILES string of the molecule is COc1ccc(CO[C@H](c2ccc(N3CCC4(CCC5(CC4)OCCO5)C3=O)cc2)C(F)(F)F)cc1. The van der Waals surface area contributed by atoms with Gasteiger partial charge in [-0.3, -0.25) is 4.79 Å². The van der Waals surface area contributed by atoms with Crippen molar-refractivity contribution in [3.8, 4) is 5.75 Å². The van der Waals surface area contributed by atoms with Gasteiger partial charge >= 0.3 is 6.18 Å². The van der Waals surface area contributed by atoms with Gasteiger partial charge in [0, 0.05) is 25.1 Å². The van der Waals surface area contributed by atoms with Crippen molar-refractivity contribution in [1.82, 2.24) is 0 Å². The number of methoxy groups -OCH3 is 1. The lowest BCUT2D eigenvalue weighted by Gasteiger charge is -2.40. The lowest BCUT2D eigenvalue weighted by Crippen LogP contribution is -2.44. The van der Waals surface area contributed by atoms with E-state index >= 15 is 0 Å². The normalized spacial score (nSPS) is 21.9. The Morgan fingerprint density at radius 1 is 0.944 bits per heavy atom. The molecule has 9 heteroatoms. The summed E-state index contributed by atoms with van der Waals surface area (Å²) in [7, 11) is 1.52. The van der Waals surface area contributed by atoms with Crippen LogP contribution in [0.15, 0.2) is 48.5 Å². The molecule has 2 aliphatic heterocycles. The lowest BCUT2D eigenvalue weighted by molar-refractivity contribution is -0.227. The van der Waals surface area contributed by atoms with Crippen LogP contribution in [0.5, 0.6) is 5.75 Å². The number of ether oxygens (including phenoxy) is 4. The Morgan fingerprint density at radius 2 is 1.58 bits per heavy atom. The van der Waals surface area contributed by atoms with Crippen molar-refractivity contribution in [3.05, 3.63) is 59.7 Å². The van der Waals surface area contributed by atoms with Gasteiger partial charge in [0.1, 0.15) is 5.75 Å². The third kappa shape index (κ3) is 4.84. The predicted molar refractivity (Wildman–Crippen MR) is 126 cm³/mol. The average Bonchev–Trinajstić information content (AvgIpc) is 3.46. The Labute approximate surface area is 208 Å². The van der Waals surface area contributed by atoms with Crippen molar-refractivity contribution in [2.75, 3.05) is 31.8 Å². The number of alkyl halides is 3. The molecular formula is C27H30F3NO5. The van der Waals surface area contributed by atoms with E-state index < -0.39 is 23.5 Å². The van der Waals surface area contributed by atoms with Crippen LogP contribution >= 0.6 is 0 Å². The first-order chi connectivity index (χ1) is 17.2. The fraction of sp³-hybridized carbons (Fsp3) is 0.519. The maximum atomic E-state index is 13.8. The molecule has 2 spiro atoms. The fourth-order valence-corrected chi connectivity index (χ4v) is 5.54. The van der Waals surface area contributed by atoms with Crippen LogP contribution in [-0.4, -0.2) is 44.7 Å². The number of rotatable bonds is 6. The number of benzene rings is 2. The van der Waals surface area contributed by atoms with E-state index in [9.17, 15) is 18.0 Å². The molecule has 0 aromatic heterocycles. The van der Waals surface area contributed by atoms with E-state index in [0.29, 0.717) is 62.4 Å². The van der Waals surface area contributed by atoms with Gasteiger partial charge in [-0.15, -0.1) is 0 Å². The number of amides is 1. The smallest absolute Gasteiger partial charge is 0.418 e. The van der Waals surface area contributed by atoms with Crippen LogP contribution in [0.25, 0.3) is 0 Å². The zero-order chi connectivity index (χ0) is 25.4. The first-order valence-electron chi connectivity index (χ1n) is 12.2. The molecule has 3 aliphatic rings. The predicted octanol–water partition coefficient (Wildman–Crippen LogP) is 5.56. The Hall–Kier alpha value is -2.62. The molecule has 1 saturated carbocycles. The molecule has 5 rings (SSSR count). The molecule has 6 nitrogen and oxygen atoms in total. The third-order valence-electron chi connectivity index (χ3n) is 7.68. The minimum atomic E-state index is -4.58. The van der Waals surface area contributed by atoms with E-state index in [0.717, 1.165) is 6.42 Å². The van der Waals surface area contributed by atoms with Crippen molar-refractivity contribution in [2.24, 2.45) is 5.41 Å². The van der Waals surface area contributed by atoms with Crippen LogP contribution < -0.4 is 9.64 Å². The quantitative estimate of drug-likeness (QED) is 0.515. The number of halogens is 3. The molecule has 1 aliphatic carbocycles. The average molecular weight is 506 g/mol. The van der Waals surface area contributed by atoms with Crippen LogP contribution in [0, 0.1) is 5.41 Å². The molecule has 2 heterocycles. The molecule has 2 aromatic carbocycles. The Bertz CT molecular complexity index is 1050. The Kier molecular flexibility index (Phi) is 6.74. The van der Waals surface area contributed by atoms with Gasteiger partial charge < -0.3 is 23.8 Å². The molecule has 1 amide bonds. The zero-order valence-electron chi connectivity index (χ0n) is 20.2. The van der Waals surface area contributed by atoms with E-state index in [4.69, 9.17) is 18.9 Å². The van der Waals surface area contributed by atoms with Gasteiger partial charge in [-0.2, -0.15) is 13.2 Å². The number of hydrogen-bond acceptors (Lipinski definition) is 5. The van der Waals surface area contributed by atoms with Crippen molar-refractivity contribution in [1.29, 1.82) is 0 Å². The first-order valence-corrected chi connectivity index (χ1v) is 12.2. The van der Waals surface area contributed by atoms with E-state index in [-0.39, 0.29) is 18.1 Å². The summed E-state index contributed by atoms with van der Waals surface area (Å²) in [6.07, 6.45) is -3.18. The summed E-state index contributed by atoms with van der Waals surface area (Å²) in [5.74, 6) is 0.109. The number of carbonyl (C=O) groups excluding carboxylic acids is 1. The number of hydrogen-bond donors (Lipinski definition) is 0. The molecule has 3 fully saturated rings. The fourth-order valence-electron chi connectivity index (χ4n) is 5.54. The highest BCUT2D eigenvalue weighted by molar-refractivity contribution is 6.00. The Morgan fingerprint density at radius 3 is 2.17 bits per heavy atom. The van der Waals surface area contributed by atoms with Crippen molar-refractivity contribution < 1.29 is 36.9 Å². The minimum absolute atomic E-state index is 0.00346. The minimum Gasteiger partial charge on any atom is -0.497 e. The molecule has 36 heavy (non-hydrogen) atoms. The Balaban J connectivity index is 1.25. The summed E-state index contributed by atoms with van der Waals surface area (Å²) in [5, 5.41) is 0. The molecular weight excluding hydrogens is 475 g/mol. The third-order valence-corrected chi connectivity index (χ3v) is 7.68. The van der Waals surface area contributed by atoms with Gasteiger partial charge in [0.2, 0.25) is 5.91 Å². The van der Waals surface area contributed by atoms with Gasteiger partial charge in [-0.25, -0.2) is 0 Å². The molecule has 1 atom stereocenters. The number of anilines is 1. The standard InChI is InChI=1S/C27H30F3NO5/c1-33-22-8-2-19(3-9-22)18-34-23(27(28,29)30)20-4-6-21(7-5-20)31-15-14-25(24(31)32)10-12-26(13-11-25)35-16-17-36-26/h2-9,23H,10-18H2,1H3/t23-/m1/s1. The monoisotopic (exact) mass is 505 g/mol. The summed E-state index contributed by atoms with van der Waals surface area (Å²) in [6, 6.07) is 12.6. The van der Waals surface area contributed by atoms with Gasteiger partial charge in [0.15, 0.2) is 11.9 Å². The lowest BCUT2D eigenvalue weighted by atomic mass is 9.71. The number of carbonyl (C=O) groups is 1. The van der Waals surface area contributed by atoms with Crippen LogP contribution in [0.4, 0.5) is 18.9 Å². The van der Waals surface area contributed by atoms with Crippen molar-refractivity contribution in [2.45, 2.75) is 56.8 Å². The van der Waals surface area contributed by atoms with E-state index in [1.54, 1.807) is 41.3 Å². The van der Waals surface area contributed by atoms with Gasteiger partial charge in [-0.05, 0) is 54.7 Å². The van der Waals surface area contributed by atoms with Crippen LogP contribution in [0.2, 0.25) is 0 Å². The maximum absolute atomic E-state index is 13.8. The van der Waals surface area contributed by atoms with Gasteiger partial charge in [0.25, 0.3) is 0 Å². The molecule has 0 bridgehead atoms. The highest BCUT2D eigenvalue weighted by Gasteiger charge is 2.53. The first kappa shape index (κ1) is 25.0. The molecule has 194 valence electrons. The topological polar surface area (TPSA) is 57.2 Å². The summed E-state index contributed by atoms with van der Waals surface area (Å²) in [4.78, 5) is 15.1. The van der Waals surface area contributed by atoms with E-state index in [1.165, 1.54) is 19.2 Å². The summed E-state index contributed by atoms with van der Waals surface area (Å²) in [6.45, 7) is 1.52. The molecule has 0 N–H and O–H groups in total. The van der Waals surface area contributed by atoms with Gasteiger partial charge in [-0.1, -0.05) is 24.3 Å². The van der Waals surface area contributed by atoms with Crippen molar-refractivity contribution >= 4 is 11.6 Å². The van der Waals surface area contributed by atoms with Gasteiger partial charge in [0.05, 0.1) is 32.3 Å². The molecule has 2 aromatic rings. The second-order valence-corrected chi connectivity index (χ2v) is 9.77. The highest BCUT2D eigenvalue weighted by atomic mass is 19.4. The highest BCUT2D eigenvalue weighted by Crippen LogP contribution is 2.50. The number of nitrogens with zero attached hydrogens (tertiary/aromatic N) is 1. The largest absolute Gasteiger partial charge is 0.497 e. The molecule has 0 unspecified atom stereocenters. The van der Waals surface area contributed by atoms with Crippen LogP contribution in [-0.2, 0) is 25.6 Å². The van der Waals surface area contributed by atoms with Crippen LogP contribution in [0.1, 0.15) is 49.3 Å². The van der Waals surface area contributed by atoms with E-state index in [1.807, 2.05) is 0 Å². The molecule has 0 radical (unpaired) electrons. The van der Waals surface area contributed by atoms with Crippen LogP contribution in [0.3, 0.4) is 0 Å². The van der Waals surface area contributed by atoms with Crippen molar-refractivity contribution in [3.63, 3.8) is 0 Å². The van der Waals surface area contributed by atoms with E-state index in [2.05, 4.69) is 0 Å². The second-order valence-electron chi connectivity index (χ2n) is 9.77. The zero-order valence-corrected chi connectivity index (χ0v) is 20.2. The summed E-state index contributed by atoms with van der Waals surface area (Å²) >= 11 is 0. The molecule has 2 saturated heterocycles. The summed E-state index contributed by atoms with van der Waals surface area (Å²) in [5.41, 5.74) is 0.758. The maximum Gasteiger partial charge on any atom is 0.418 e. The second kappa shape index (κ2) is 9.68. The summed E-state index contributed by atoms with van der Waals surface area (Å²) < 4.78 is 63.4.